The summed E-state index contributed by atoms with van der Waals surface area (Å²) in [6.07, 6.45) is 3.63. The zero-order chi connectivity index (χ0) is 16.1. The van der Waals surface area contributed by atoms with Gasteiger partial charge in [0.15, 0.2) is 0 Å². The topological polar surface area (TPSA) is 73.4 Å². The van der Waals surface area contributed by atoms with Gasteiger partial charge in [0.2, 0.25) is 0 Å². The molecule has 2 amide bonds. The van der Waals surface area contributed by atoms with Crippen molar-refractivity contribution in [1.29, 1.82) is 0 Å². The second kappa shape index (κ2) is 7.79. The van der Waals surface area contributed by atoms with Crippen LogP contribution in [0.1, 0.15) is 31.2 Å². The Hall–Kier alpha value is -1.59. The molecular weight excluding hydrogens is 290 g/mol. The number of nitrogens with one attached hydrogen (secondary N) is 3. The molecule has 1 aromatic carbocycles. The Bertz CT molecular complexity index is 496. The smallest absolute Gasteiger partial charge is 0.315 e. The quantitative estimate of drug-likeness (QED) is 0.667. The fourth-order valence-corrected chi connectivity index (χ4v) is 3.73. The predicted octanol–water partition coefficient (Wildman–Crippen LogP) is 1.62. The third-order valence-electron chi connectivity index (χ3n) is 5.14. The number of hydrogen-bond acceptors (Lipinski definition) is 3. The molecule has 5 heteroatoms. The van der Waals surface area contributed by atoms with Gasteiger partial charge in [0.25, 0.3) is 0 Å². The summed E-state index contributed by atoms with van der Waals surface area (Å²) in [6, 6.07) is 10.0. The molecule has 3 rings (SSSR count). The predicted molar refractivity (Wildman–Crippen MR) is 89.9 cm³/mol. The Labute approximate surface area is 137 Å². The molecule has 1 heterocycles. The number of carbonyl (C=O) groups excluding carboxylic acids is 1. The minimum atomic E-state index is -0.182. The zero-order valence-corrected chi connectivity index (χ0v) is 13.5. The number of urea groups is 1. The van der Waals surface area contributed by atoms with E-state index in [1.165, 1.54) is 0 Å². The Morgan fingerprint density at radius 3 is 2.52 bits per heavy atom. The monoisotopic (exact) mass is 317 g/mol. The van der Waals surface area contributed by atoms with Crippen LogP contribution in [0.3, 0.4) is 0 Å². The lowest BCUT2D eigenvalue weighted by molar-refractivity contribution is 0.0116. The first-order valence-electron chi connectivity index (χ1n) is 8.69. The summed E-state index contributed by atoms with van der Waals surface area (Å²) in [4.78, 5) is 12.3. The highest BCUT2D eigenvalue weighted by Crippen LogP contribution is 2.35. The van der Waals surface area contributed by atoms with Crippen molar-refractivity contribution in [2.45, 2.75) is 44.4 Å². The van der Waals surface area contributed by atoms with E-state index >= 15 is 0 Å². The molecular formula is C18H27N3O2. The molecule has 1 aliphatic heterocycles. The summed E-state index contributed by atoms with van der Waals surface area (Å²) in [5.41, 5.74) is 1.10. The molecule has 126 valence electrons. The molecule has 0 unspecified atom stereocenters. The molecule has 1 aliphatic carbocycles. The number of aliphatic hydroxyl groups excluding tert-OH is 1. The van der Waals surface area contributed by atoms with Crippen LogP contribution in [0.4, 0.5) is 4.79 Å². The maximum atomic E-state index is 12.3. The third kappa shape index (κ3) is 4.45. The van der Waals surface area contributed by atoms with Gasteiger partial charge in [-0.15, -0.1) is 0 Å². The minimum absolute atomic E-state index is 0.0984. The lowest BCUT2D eigenvalue weighted by atomic mass is 9.71. The van der Waals surface area contributed by atoms with Crippen molar-refractivity contribution in [3.63, 3.8) is 0 Å². The molecule has 0 spiro atoms. The molecule has 2 aliphatic rings. The number of benzene rings is 1. The van der Waals surface area contributed by atoms with E-state index in [0.29, 0.717) is 18.4 Å². The van der Waals surface area contributed by atoms with Crippen molar-refractivity contribution >= 4 is 6.03 Å². The van der Waals surface area contributed by atoms with Crippen LogP contribution in [0.5, 0.6) is 0 Å². The average molecular weight is 317 g/mol. The van der Waals surface area contributed by atoms with Crippen molar-refractivity contribution in [2.24, 2.45) is 11.8 Å². The fourth-order valence-electron chi connectivity index (χ4n) is 3.73. The van der Waals surface area contributed by atoms with E-state index in [0.717, 1.165) is 44.3 Å². The highest BCUT2D eigenvalue weighted by Gasteiger charge is 2.39. The molecule has 0 bridgehead atoms. The maximum absolute atomic E-state index is 12.3. The van der Waals surface area contributed by atoms with Crippen LogP contribution in [-0.4, -0.2) is 36.4 Å². The van der Waals surface area contributed by atoms with E-state index in [2.05, 4.69) is 16.0 Å². The van der Waals surface area contributed by atoms with Crippen molar-refractivity contribution in [3.8, 4) is 0 Å². The normalized spacial score (nSPS) is 26.1. The van der Waals surface area contributed by atoms with Crippen LogP contribution in [0.2, 0.25) is 0 Å². The van der Waals surface area contributed by atoms with Crippen LogP contribution in [0, 0.1) is 11.8 Å². The molecule has 4 N–H and O–H groups in total. The summed E-state index contributed by atoms with van der Waals surface area (Å²) in [5, 5.41) is 19.1. The lowest BCUT2D eigenvalue weighted by Gasteiger charge is -2.43. The van der Waals surface area contributed by atoms with Crippen molar-refractivity contribution in [3.05, 3.63) is 35.9 Å². The average Bonchev–Trinajstić information content (AvgIpc) is 2.57. The van der Waals surface area contributed by atoms with E-state index < -0.39 is 0 Å². The number of carbonyl (C=O) groups is 1. The van der Waals surface area contributed by atoms with E-state index in [1.807, 2.05) is 30.3 Å². The lowest BCUT2D eigenvalue weighted by Crippen LogP contribution is -2.54. The zero-order valence-electron chi connectivity index (χ0n) is 13.5. The van der Waals surface area contributed by atoms with Gasteiger partial charge in [0.05, 0.1) is 6.10 Å². The molecule has 1 saturated carbocycles. The number of hydrogen-bond donors (Lipinski definition) is 4. The fraction of sp³-hybridized carbons (Fsp3) is 0.611. The van der Waals surface area contributed by atoms with Gasteiger partial charge < -0.3 is 21.1 Å². The van der Waals surface area contributed by atoms with Crippen LogP contribution in [0.15, 0.2) is 30.3 Å². The summed E-state index contributed by atoms with van der Waals surface area (Å²) in [6.45, 7) is 2.58. The van der Waals surface area contributed by atoms with Crippen molar-refractivity contribution < 1.29 is 9.90 Å². The van der Waals surface area contributed by atoms with E-state index in [-0.39, 0.29) is 18.2 Å². The van der Waals surface area contributed by atoms with Crippen LogP contribution >= 0.6 is 0 Å². The standard InChI is InChI=1S/C18H27N3O2/c22-16-10-15(11-16)17(14-6-8-19-9-7-14)21-18(23)20-12-13-4-2-1-3-5-13/h1-5,14-17,19,22H,6-12H2,(H2,20,21,23)/t15?,16?,17-/m0/s1. The van der Waals surface area contributed by atoms with Gasteiger partial charge in [-0.3, -0.25) is 0 Å². The van der Waals surface area contributed by atoms with Gasteiger partial charge in [0, 0.05) is 12.6 Å². The Balaban J connectivity index is 1.53. The molecule has 0 aromatic heterocycles. The Morgan fingerprint density at radius 2 is 1.87 bits per heavy atom. The number of aliphatic hydroxyl groups is 1. The maximum Gasteiger partial charge on any atom is 0.315 e. The van der Waals surface area contributed by atoms with Gasteiger partial charge in [-0.25, -0.2) is 4.79 Å². The van der Waals surface area contributed by atoms with Gasteiger partial charge in [0.1, 0.15) is 0 Å². The summed E-state index contributed by atoms with van der Waals surface area (Å²) in [7, 11) is 0. The third-order valence-corrected chi connectivity index (χ3v) is 5.14. The van der Waals surface area contributed by atoms with Crippen molar-refractivity contribution in [2.75, 3.05) is 13.1 Å². The molecule has 2 fully saturated rings. The van der Waals surface area contributed by atoms with Crippen molar-refractivity contribution in [1.82, 2.24) is 16.0 Å². The van der Waals surface area contributed by atoms with Crippen LogP contribution in [0.25, 0.3) is 0 Å². The molecule has 23 heavy (non-hydrogen) atoms. The summed E-state index contributed by atoms with van der Waals surface area (Å²) in [5.74, 6) is 0.923. The second-order valence-corrected chi connectivity index (χ2v) is 6.81. The SMILES string of the molecule is O=C(NCc1ccccc1)N[C@@H](C1CCNCC1)C1CC(O)C1. The first-order chi connectivity index (χ1) is 11.2. The first-order valence-corrected chi connectivity index (χ1v) is 8.69. The van der Waals surface area contributed by atoms with E-state index in [4.69, 9.17) is 0 Å². The number of piperidine rings is 1. The highest BCUT2D eigenvalue weighted by molar-refractivity contribution is 5.74. The van der Waals surface area contributed by atoms with Crippen LogP contribution in [-0.2, 0) is 6.54 Å². The summed E-state index contributed by atoms with van der Waals surface area (Å²) < 4.78 is 0. The Morgan fingerprint density at radius 1 is 1.17 bits per heavy atom. The molecule has 5 nitrogen and oxygen atoms in total. The van der Waals surface area contributed by atoms with E-state index in [9.17, 15) is 9.90 Å². The molecule has 0 radical (unpaired) electrons. The first kappa shape index (κ1) is 16.3. The van der Waals surface area contributed by atoms with Gasteiger partial charge in [-0.2, -0.15) is 0 Å². The van der Waals surface area contributed by atoms with Gasteiger partial charge >= 0.3 is 6.03 Å². The number of rotatable bonds is 5. The largest absolute Gasteiger partial charge is 0.393 e. The van der Waals surface area contributed by atoms with Gasteiger partial charge in [-0.1, -0.05) is 30.3 Å². The molecule has 1 atom stereocenters. The highest BCUT2D eigenvalue weighted by atomic mass is 16.3. The minimum Gasteiger partial charge on any atom is -0.393 e. The van der Waals surface area contributed by atoms with Crippen LogP contribution < -0.4 is 16.0 Å². The van der Waals surface area contributed by atoms with E-state index in [1.54, 1.807) is 0 Å². The Kier molecular flexibility index (Phi) is 5.51. The second-order valence-electron chi connectivity index (χ2n) is 6.81. The summed E-state index contributed by atoms with van der Waals surface area (Å²) >= 11 is 0. The van der Waals surface area contributed by atoms with Gasteiger partial charge in [-0.05, 0) is 56.2 Å². The number of amides is 2. The molecule has 1 aromatic rings. The molecule has 1 saturated heterocycles.